The number of aryl methyl sites for hydroxylation is 1. The van der Waals surface area contributed by atoms with Crippen LogP contribution in [0.1, 0.15) is 34.0 Å². The van der Waals surface area contributed by atoms with Crippen molar-refractivity contribution in [3.8, 4) is 5.75 Å². The fraction of sp³-hybridized carbons (Fsp3) is 0.294. The van der Waals surface area contributed by atoms with Crippen molar-refractivity contribution in [3.63, 3.8) is 0 Å². The molecule has 1 aliphatic heterocycles. The van der Waals surface area contributed by atoms with E-state index in [-0.39, 0.29) is 16.7 Å². The standard InChI is InChI=1S/C17H16BrFO/c1-10-4-3-5-14(17(10)19)16(18)12-6-7-15-13(9-12)8-11(2)20-15/h3-7,9,11,16H,8H2,1-2H3. The molecule has 0 aromatic heterocycles. The van der Waals surface area contributed by atoms with Gasteiger partial charge in [0.05, 0.1) is 4.83 Å². The second-order valence-corrected chi connectivity index (χ2v) is 6.26. The predicted molar refractivity (Wildman–Crippen MR) is 82.1 cm³/mol. The van der Waals surface area contributed by atoms with E-state index in [4.69, 9.17) is 4.74 Å². The fourth-order valence-corrected chi connectivity index (χ4v) is 3.28. The van der Waals surface area contributed by atoms with Gasteiger partial charge in [-0.3, -0.25) is 0 Å². The summed E-state index contributed by atoms with van der Waals surface area (Å²) in [4.78, 5) is -0.136. The van der Waals surface area contributed by atoms with Crippen LogP contribution >= 0.6 is 15.9 Å². The second kappa shape index (κ2) is 5.21. The van der Waals surface area contributed by atoms with Gasteiger partial charge < -0.3 is 4.74 Å². The Kier molecular flexibility index (Phi) is 3.55. The first kappa shape index (κ1) is 13.6. The SMILES string of the molecule is Cc1cccc(C(Br)c2ccc3c(c2)CC(C)O3)c1F. The molecule has 0 amide bonds. The fourth-order valence-electron chi connectivity index (χ4n) is 2.65. The molecule has 2 aromatic rings. The van der Waals surface area contributed by atoms with Crippen LogP contribution in [0.2, 0.25) is 0 Å². The van der Waals surface area contributed by atoms with E-state index in [1.807, 2.05) is 24.3 Å². The molecule has 2 aromatic carbocycles. The summed E-state index contributed by atoms with van der Waals surface area (Å²) < 4.78 is 19.9. The number of hydrogen-bond acceptors (Lipinski definition) is 1. The van der Waals surface area contributed by atoms with E-state index < -0.39 is 0 Å². The number of alkyl halides is 1. The van der Waals surface area contributed by atoms with Gasteiger partial charge >= 0.3 is 0 Å². The highest BCUT2D eigenvalue weighted by molar-refractivity contribution is 9.09. The first-order chi connectivity index (χ1) is 9.56. The minimum Gasteiger partial charge on any atom is -0.490 e. The normalized spacial score (nSPS) is 18.5. The first-order valence-electron chi connectivity index (χ1n) is 6.75. The van der Waals surface area contributed by atoms with E-state index in [1.165, 1.54) is 5.56 Å². The highest BCUT2D eigenvalue weighted by Crippen LogP contribution is 2.37. The maximum absolute atomic E-state index is 14.2. The molecule has 1 heterocycles. The molecule has 3 heteroatoms. The van der Waals surface area contributed by atoms with Crippen LogP contribution in [0.15, 0.2) is 36.4 Å². The average molecular weight is 335 g/mol. The minimum atomic E-state index is -0.139. The highest BCUT2D eigenvalue weighted by atomic mass is 79.9. The third-order valence-electron chi connectivity index (χ3n) is 3.71. The topological polar surface area (TPSA) is 9.23 Å². The van der Waals surface area contributed by atoms with Crippen molar-refractivity contribution >= 4 is 15.9 Å². The van der Waals surface area contributed by atoms with E-state index in [0.29, 0.717) is 11.1 Å². The molecule has 0 radical (unpaired) electrons. The van der Waals surface area contributed by atoms with Gasteiger partial charge in [-0.2, -0.15) is 0 Å². The maximum Gasteiger partial charge on any atom is 0.130 e. The molecule has 0 N–H and O–H groups in total. The van der Waals surface area contributed by atoms with E-state index >= 15 is 0 Å². The number of benzene rings is 2. The molecule has 1 aliphatic rings. The Hall–Kier alpha value is -1.35. The van der Waals surface area contributed by atoms with Gasteiger partial charge in [-0.05, 0) is 36.6 Å². The van der Waals surface area contributed by atoms with Crippen LogP contribution in [-0.4, -0.2) is 6.10 Å². The molecule has 0 aliphatic carbocycles. The molecule has 0 saturated carbocycles. The maximum atomic E-state index is 14.2. The van der Waals surface area contributed by atoms with Gasteiger partial charge in [-0.25, -0.2) is 4.39 Å². The van der Waals surface area contributed by atoms with Gasteiger partial charge in [0.2, 0.25) is 0 Å². The summed E-state index contributed by atoms with van der Waals surface area (Å²) in [6.07, 6.45) is 1.14. The number of ether oxygens (including phenoxy) is 1. The van der Waals surface area contributed by atoms with E-state index in [0.717, 1.165) is 17.7 Å². The number of halogens is 2. The summed E-state index contributed by atoms with van der Waals surface area (Å²) in [6, 6.07) is 11.6. The third-order valence-corrected chi connectivity index (χ3v) is 4.73. The van der Waals surface area contributed by atoms with Gasteiger partial charge in [0, 0.05) is 12.0 Å². The number of rotatable bonds is 2. The number of hydrogen-bond donors (Lipinski definition) is 0. The predicted octanol–water partition coefficient (Wildman–Crippen LogP) is 4.94. The summed E-state index contributed by atoms with van der Waals surface area (Å²) in [6.45, 7) is 3.85. The second-order valence-electron chi connectivity index (χ2n) is 5.34. The van der Waals surface area contributed by atoms with Crippen LogP contribution in [0.5, 0.6) is 5.75 Å². The molecule has 1 nitrogen and oxygen atoms in total. The molecular weight excluding hydrogens is 319 g/mol. The van der Waals surface area contributed by atoms with Crippen molar-refractivity contribution in [1.82, 2.24) is 0 Å². The number of fused-ring (bicyclic) bond motifs is 1. The van der Waals surface area contributed by atoms with Gasteiger partial charge in [-0.15, -0.1) is 0 Å². The van der Waals surface area contributed by atoms with Crippen LogP contribution < -0.4 is 4.74 Å². The molecule has 2 atom stereocenters. The molecular formula is C17H16BrFO. The Bertz CT molecular complexity index is 653. The van der Waals surface area contributed by atoms with Crippen LogP contribution in [-0.2, 0) is 6.42 Å². The zero-order chi connectivity index (χ0) is 14.3. The first-order valence-corrected chi connectivity index (χ1v) is 7.66. The Morgan fingerprint density at radius 2 is 2.10 bits per heavy atom. The summed E-state index contributed by atoms with van der Waals surface area (Å²) in [5, 5.41) is 0. The lowest BCUT2D eigenvalue weighted by atomic mass is 9.99. The highest BCUT2D eigenvalue weighted by Gasteiger charge is 2.22. The van der Waals surface area contributed by atoms with E-state index in [9.17, 15) is 4.39 Å². The molecule has 2 unspecified atom stereocenters. The molecule has 0 fully saturated rings. The molecule has 0 bridgehead atoms. The quantitative estimate of drug-likeness (QED) is 0.706. The Morgan fingerprint density at radius 1 is 1.30 bits per heavy atom. The summed E-state index contributed by atoms with van der Waals surface area (Å²) in [5.74, 6) is 0.810. The van der Waals surface area contributed by atoms with E-state index in [1.54, 1.807) is 13.0 Å². The molecule has 3 rings (SSSR count). The zero-order valence-corrected chi connectivity index (χ0v) is 13.1. The lowest BCUT2D eigenvalue weighted by molar-refractivity contribution is 0.254. The minimum absolute atomic E-state index is 0.136. The largest absolute Gasteiger partial charge is 0.490 e. The lowest BCUT2D eigenvalue weighted by Crippen LogP contribution is -2.05. The van der Waals surface area contributed by atoms with Crippen molar-refractivity contribution in [2.45, 2.75) is 31.2 Å². The molecule has 20 heavy (non-hydrogen) atoms. The Balaban J connectivity index is 1.97. The lowest BCUT2D eigenvalue weighted by Gasteiger charge is -2.14. The Labute approximate surface area is 126 Å². The van der Waals surface area contributed by atoms with Crippen molar-refractivity contribution < 1.29 is 9.13 Å². The van der Waals surface area contributed by atoms with Crippen molar-refractivity contribution in [2.75, 3.05) is 0 Å². The summed E-state index contributed by atoms with van der Waals surface area (Å²) >= 11 is 3.62. The van der Waals surface area contributed by atoms with Crippen molar-refractivity contribution in [2.24, 2.45) is 0 Å². The van der Waals surface area contributed by atoms with Crippen LogP contribution in [0.3, 0.4) is 0 Å². The summed E-state index contributed by atoms with van der Waals surface area (Å²) in [5.41, 5.74) is 3.61. The van der Waals surface area contributed by atoms with Crippen LogP contribution in [0.25, 0.3) is 0 Å². The van der Waals surface area contributed by atoms with Gasteiger partial charge in [-0.1, -0.05) is 46.3 Å². The molecule has 0 saturated heterocycles. The van der Waals surface area contributed by atoms with Crippen LogP contribution in [0.4, 0.5) is 4.39 Å². The van der Waals surface area contributed by atoms with Gasteiger partial charge in [0.25, 0.3) is 0 Å². The molecule has 104 valence electrons. The van der Waals surface area contributed by atoms with Crippen LogP contribution in [0, 0.1) is 12.7 Å². The van der Waals surface area contributed by atoms with E-state index in [2.05, 4.69) is 28.9 Å². The zero-order valence-electron chi connectivity index (χ0n) is 11.5. The van der Waals surface area contributed by atoms with Crippen molar-refractivity contribution in [3.05, 3.63) is 64.5 Å². The third kappa shape index (κ3) is 2.35. The smallest absolute Gasteiger partial charge is 0.130 e. The van der Waals surface area contributed by atoms with Crippen molar-refractivity contribution in [1.29, 1.82) is 0 Å². The van der Waals surface area contributed by atoms with Gasteiger partial charge in [0.15, 0.2) is 0 Å². The average Bonchev–Trinajstić information content (AvgIpc) is 2.80. The van der Waals surface area contributed by atoms with Gasteiger partial charge in [0.1, 0.15) is 17.7 Å². The molecule has 0 spiro atoms. The Morgan fingerprint density at radius 3 is 2.90 bits per heavy atom. The monoisotopic (exact) mass is 334 g/mol. The summed E-state index contributed by atoms with van der Waals surface area (Å²) in [7, 11) is 0.